The maximum atomic E-state index is 13.7. The lowest BCUT2D eigenvalue weighted by Crippen LogP contribution is -2.40. The summed E-state index contributed by atoms with van der Waals surface area (Å²) in [5.41, 5.74) is 1.15. The lowest BCUT2D eigenvalue weighted by Gasteiger charge is -2.29. The fourth-order valence-corrected chi connectivity index (χ4v) is 3.57. The molecule has 0 amide bonds. The average molecular weight is 423 g/mol. The molecule has 0 aliphatic carbocycles. The van der Waals surface area contributed by atoms with E-state index in [1.165, 1.54) is 30.3 Å². The van der Waals surface area contributed by atoms with Crippen molar-refractivity contribution in [2.24, 2.45) is 11.1 Å². The van der Waals surface area contributed by atoms with Gasteiger partial charge in [0.15, 0.2) is 0 Å². The Labute approximate surface area is 172 Å². The first kappa shape index (κ1) is 21.2. The van der Waals surface area contributed by atoms with Gasteiger partial charge in [-0.3, -0.25) is 9.69 Å². The molecule has 0 spiro atoms. The Morgan fingerprint density at radius 3 is 2.76 bits per heavy atom. The number of piperidine rings is 1. The van der Waals surface area contributed by atoms with Crippen LogP contribution in [-0.2, 0) is 9.63 Å². The molecule has 1 fully saturated rings. The van der Waals surface area contributed by atoms with E-state index in [2.05, 4.69) is 5.16 Å². The topological polar surface area (TPSA) is 62.1 Å². The molecule has 154 valence electrons. The van der Waals surface area contributed by atoms with Gasteiger partial charge in [-0.2, -0.15) is 0 Å². The molecule has 1 heterocycles. The standard InChI is InChI=1S/C21H21ClF2N2O3/c22-19-12-17(24)6-7-18(19)20(14-3-1-5-16(23)11-14)25-29-10-9-26-8-2-4-15(13-26)21(27)28/h1,3,5-7,11-12,15H,2,4,8-10,13H2,(H,27,28)/t15-/m1/s1. The van der Waals surface area contributed by atoms with Gasteiger partial charge in [0.25, 0.3) is 0 Å². The lowest BCUT2D eigenvalue weighted by molar-refractivity contribution is -0.143. The Morgan fingerprint density at radius 1 is 1.24 bits per heavy atom. The van der Waals surface area contributed by atoms with E-state index in [4.69, 9.17) is 16.4 Å². The third kappa shape index (κ3) is 5.74. The van der Waals surface area contributed by atoms with Crippen LogP contribution in [0.5, 0.6) is 0 Å². The molecule has 2 aromatic rings. The quantitative estimate of drug-likeness (QED) is 0.413. The van der Waals surface area contributed by atoms with Crippen molar-refractivity contribution in [3.8, 4) is 0 Å². The highest BCUT2D eigenvalue weighted by molar-refractivity contribution is 6.35. The maximum absolute atomic E-state index is 13.7. The molecule has 5 nitrogen and oxygen atoms in total. The number of hydrogen-bond acceptors (Lipinski definition) is 4. The van der Waals surface area contributed by atoms with Crippen LogP contribution < -0.4 is 0 Å². The first-order valence-electron chi connectivity index (χ1n) is 9.30. The second-order valence-electron chi connectivity index (χ2n) is 6.89. The molecule has 0 bridgehead atoms. The molecule has 1 atom stereocenters. The number of oxime groups is 1. The normalized spacial score (nSPS) is 17.9. The number of rotatable bonds is 7. The molecule has 0 saturated carbocycles. The summed E-state index contributed by atoms with van der Waals surface area (Å²) >= 11 is 6.16. The second-order valence-corrected chi connectivity index (χ2v) is 7.29. The number of carboxylic acid groups (broad SMARTS) is 1. The van der Waals surface area contributed by atoms with Crippen LogP contribution in [0.1, 0.15) is 24.0 Å². The third-order valence-electron chi connectivity index (χ3n) is 4.79. The summed E-state index contributed by atoms with van der Waals surface area (Å²) in [4.78, 5) is 18.6. The van der Waals surface area contributed by atoms with Gasteiger partial charge in [0.1, 0.15) is 24.0 Å². The fraction of sp³-hybridized carbons (Fsp3) is 0.333. The Bertz CT molecular complexity index is 907. The number of carbonyl (C=O) groups is 1. The molecule has 8 heteroatoms. The first-order valence-corrected chi connectivity index (χ1v) is 9.68. The fourth-order valence-electron chi connectivity index (χ4n) is 3.31. The van der Waals surface area contributed by atoms with E-state index in [-0.39, 0.29) is 23.3 Å². The number of aliphatic carboxylic acids is 1. The van der Waals surface area contributed by atoms with Crippen LogP contribution in [0.4, 0.5) is 8.78 Å². The first-order chi connectivity index (χ1) is 13.9. The number of halogens is 3. The summed E-state index contributed by atoms with van der Waals surface area (Å²) in [6.45, 7) is 2.02. The van der Waals surface area contributed by atoms with Crippen LogP contribution in [0, 0.1) is 17.6 Å². The van der Waals surface area contributed by atoms with E-state index >= 15 is 0 Å². The van der Waals surface area contributed by atoms with Crippen molar-refractivity contribution >= 4 is 23.3 Å². The molecule has 2 aromatic carbocycles. The van der Waals surface area contributed by atoms with Gasteiger partial charge in [-0.15, -0.1) is 0 Å². The van der Waals surface area contributed by atoms with Crippen molar-refractivity contribution in [3.05, 3.63) is 70.2 Å². The van der Waals surface area contributed by atoms with Crippen LogP contribution in [-0.4, -0.2) is 47.9 Å². The summed E-state index contributed by atoms with van der Waals surface area (Å²) in [6.07, 6.45) is 1.50. The van der Waals surface area contributed by atoms with Crippen molar-refractivity contribution in [2.75, 3.05) is 26.2 Å². The summed E-state index contributed by atoms with van der Waals surface area (Å²) < 4.78 is 27.1. The van der Waals surface area contributed by atoms with Crippen molar-refractivity contribution < 1.29 is 23.5 Å². The van der Waals surface area contributed by atoms with Gasteiger partial charge in [-0.1, -0.05) is 28.9 Å². The van der Waals surface area contributed by atoms with Crippen LogP contribution in [0.15, 0.2) is 47.6 Å². The summed E-state index contributed by atoms with van der Waals surface area (Å²) in [5, 5.41) is 13.4. The molecule has 0 radical (unpaired) electrons. The van der Waals surface area contributed by atoms with E-state index < -0.39 is 17.6 Å². The Balaban J connectivity index is 1.73. The highest BCUT2D eigenvalue weighted by Crippen LogP contribution is 2.22. The second kappa shape index (κ2) is 9.80. The largest absolute Gasteiger partial charge is 0.481 e. The van der Waals surface area contributed by atoms with Crippen molar-refractivity contribution in [1.29, 1.82) is 0 Å². The smallest absolute Gasteiger partial charge is 0.307 e. The van der Waals surface area contributed by atoms with Gasteiger partial charge in [0.2, 0.25) is 0 Å². The summed E-state index contributed by atoms with van der Waals surface area (Å²) in [6, 6.07) is 9.67. The minimum Gasteiger partial charge on any atom is -0.481 e. The molecule has 29 heavy (non-hydrogen) atoms. The van der Waals surface area contributed by atoms with E-state index in [1.807, 2.05) is 4.90 Å². The lowest BCUT2D eigenvalue weighted by atomic mass is 9.98. The number of nitrogens with zero attached hydrogens (tertiary/aromatic N) is 2. The molecular weight excluding hydrogens is 402 g/mol. The predicted molar refractivity (Wildman–Crippen MR) is 106 cm³/mol. The molecule has 1 aliphatic heterocycles. The van der Waals surface area contributed by atoms with E-state index in [9.17, 15) is 18.7 Å². The molecule has 0 aromatic heterocycles. The zero-order valence-corrected chi connectivity index (χ0v) is 16.4. The molecule has 1 saturated heterocycles. The van der Waals surface area contributed by atoms with Gasteiger partial charge >= 0.3 is 5.97 Å². The molecule has 1 aliphatic rings. The van der Waals surface area contributed by atoms with E-state index in [0.29, 0.717) is 30.6 Å². The van der Waals surface area contributed by atoms with Crippen LogP contribution in [0.2, 0.25) is 5.02 Å². The number of carboxylic acids is 1. The van der Waals surface area contributed by atoms with Crippen molar-refractivity contribution in [2.45, 2.75) is 12.8 Å². The average Bonchev–Trinajstić information content (AvgIpc) is 2.69. The van der Waals surface area contributed by atoms with Crippen molar-refractivity contribution in [1.82, 2.24) is 4.90 Å². The minimum atomic E-state index is -0.784. The summed E-state index contributed by atoms with van der Waals surface area (Å²) in [7, 11) is 0. The van der Waals surface area contributed by atoms with Gasteiger partial charge in [-0.05, 0) is 49.7 Å². The summed E-state index contributed by atoms with van der Waals surface area (Å²) in [5.74, 6) is -2.08. The Morgan fingerprint density at radius 2 is 2.03 bits per heavy atom. The maximum Gasteiger partial charge on any atom is 0.307 e. The minimum absolute atomic E-state index is 0.136. The Hall–Kier alpha value is -2.51. The van der Waals surface area contributed by atoms with E-state index in [1.54, 1.807) is 6.07 Å². The predicted octanol–water partition coefficient (Wildman–Crippen LogP) is 4.18. The number of benzene rings is 2. The van der Waals surface area contributed by atoms with Gasteiger partial charge in [0, 0.05) is 24.2 Å². The highest BCUT2D eigenvalue weighted by Gasteiger charge is 2.25. The van der Waals surface area contributed by atoms with Crippen LogP contribution in [0.25, 0.3) is 0 Å². The number of hydrogen-bond donors (Lipinski definition) is 1. The zero-order valence-electron chi connectivity index (χ0n) is 15.7. The molecule has 3 rings (SSSR count). The van der Waals surface area contributed by atoms with Crippen molar-refractivity contribution in [3.63, 3.8) is 0 Å². The van der Waals surface area contributed by atoms with Gasteiger partial charge < -0.3 is 9.94 Å². The molecule has 1 N–H and O–H groups in total. The van der Waals surface area contributed by atoms with Gasteiger partial charge in [0.05, 0.1) is 10.9 Å². The van der Waals surface area contributed by atoms with Crippen LogP contribution >= 0.6 is 11.6 Å². The van der Waals surface area contributed by atoms with Gasteiger partial charge in [-0.25, -0.2) is 8.78 Å². The third-order valence-corrected chi connectivity index (χ3v) is 5.11. The SMILES string of the molecule is O=C(O)[C@@H]1CCCN(CCON=C(c2cccc(F)c2)c2ccc(F)cc2Cl)C1. The zero-order chi connectivity index (χ0) is 20.8. The van der Waals surface area contributed by atoms with E-state index in [0.717, 1.165) is 19.0 Å². The highest BCUT2D eigenvalue weighted by atomic mass is 35.5. The number of likely N-dealkylation sites (tertiary alicyclic amines) is 1. The molecular formula is C21H21ClF2N2O3. The molecule has 0 unspecified atom stereocenters. The Kier molecular flexibility index (Phi) is 7.17. The monoisotopic (exact) mass is 422 g/mol. The van der Waals surface area contributed by atoms with Crippen LogP contribution in [0.3, 0.4) is 0 Å².